The predicted molar refractivity (Wildman–Crippen MR) is 80.8 cm³/mol. The molecule has 1 atom stereocenters. The number of rotatable bonds is 4. The topological polar surface area (TPSA) is 56.0 Å². The molecule has 2 aromatic carbocycles. The van der Waals surface area contributed by atoms with Crippen LogP contribution in [0.15, 0.2) is 42.5 Å². The number of anilines is 1. The van der Waals surface area contributed by atoms with Crippen molar-refractivity contribution in [2.75, 3.05) is 11.9 Å². The summed E-state index contributed by atoms with van der Waals surface area (Å²) < 4.78 is 39.2. The quantitative estimate of drug-likeness (QED) is 0.894. The van der Waals surface area contributed by atoms with Crippen molar-refractivity contribution in [1.82, 2.24) is 0 Å². The zero-order valence-electron chi connectivity index (χ0n) is 12.4. The van der Waals surface area contributed by atoms with Gasteiger partial charge in [0.05, 0.1) is 23.3 Å². The molecule has 0 spiro atoms. The van der Waals surface area contributed by atoms with Crippen molar-refractivity contribution >= 4 is 5.69 Å². The second kappa shape index (κ2) is 6.71. The van der Waals surface area contributed by atoms with Crippen LogP contribution in [0.5, 0.6) is 0 Å². The molecule has 0 heterocycles. The normalized spacial score (nSPS) is 12.5. The molecule has 0 aliphatic heterocycles. The average Bonchev–Trinajstić information content (AvgIpc) is 2.51. The molecule has 0 aliphatic carbocycles. The molecule has 1 unspecified atom stereocenters. The average molecular weight is 320 g/mol. The Bertz CT molecular complexity index is 735. The van der Waals surface area contributed by atoms with E-state index in [0.717, 1.165) is 11.6 Å². The number of halogens is 3. The van der Waals surface area contributed by atoms with Gasteiger partial charge in [0.2, 0.25) is 0 Å². The smallest absolute Gasteiger partial charge is 0.387 e. The van der Waals surface area contributed by atoms with Gasteiger partial charge in [0.25, 0.3) is 0 Å². The van der Waals surface area contributed by atoms with E-state index in [2.05, 4.69) is 5.32 Å². The summed E-state index contributed by atoms with van der Waals surface area (Å²) >= 11 is 0. The fraction of sp³-hybridized carbons (Fsp3) is 0.235. The first-order valence-electron chi connectivity index (χ1n) is 6.91. The Morgan fingerprint density at radius 2 is 1.96 bits per heavy atom. The van der Waals surface area contributed by atoms with E-state index in [1.54, 1.807) is 24.3 Å². The number of benzene rings is 2. The molecule has 0 amide bonds. The van der Waals surface area contributed by atoms with Crippen LogP contribution in [-0.2, 0) is 6.18 Å². The number of aliphatic hydroxyl groups is 1. The Kier molecular flexibility index (Phi) is 4.92. The zero-order valence-corrected chi connectivity index (χ0v) is 12.4. The van der Waals surface area contributed by atoms with Crippen LogP contribution in [0.4, 0.5) is 18.9 Å². The lowest BCUT2D eigenvalue weighted by atomic mass is 10.1. The van der Waals surface area contributed by atoms with Crippen molar-refractivity contribution < 1.29 is 18.3 Å². The van der Waals surface area contributed by atoms with Crippen molar-refractivity contribution in [3.05, 3.63) is 64.7 Å². The summed E-state index contributed by atoms with van der Waals surface area (Å²) in [5.41, 5.74) is 0.425. The minimum absolute atomic E-state index is 0.0675. The van der Waals surface area contributed by atoms with Crippen LogP contribution < -0.4 is 5.32 Å². The van der Waals surface area contributed by atoms with Gasteiger partial charge < -0.3 is 10.4 Å². The highest BCUT2D eigenvalue weighted by Crippen LogP contribution is 2.35. The van der Waals surface area contributed by atoms with E-state index in [9.17, 15) is 18.3 Å². The lowest BCUT2D eigenvalue weighted by molar-refractivity contribution is -0.137. The van der Waals surface area contributed by atoms with Gasteiger partial charge in [0.15, 0.2) is 0 Å². The molecule has 0 bridgehead atoms. The van der Waals surface area contributed by atoms with E-state index in [1.165, 1.54) is 12.1 Å². The lowest BCUT2D eigenvalue weighted by Gasteiger charge is -2.17. The Hall–Kier alpha value is -2.52. The Morgan fingerprint density at radius 1 is 1.22 bits per heavy atom. The van der Waals surface area contributed by atoms with Gasteiger partial charge in [0, 0.05) is 12.2 Å². The van der Waals surface area contributed by atoms with Gasteiger partial charge in [-0.3, -0.25) is 0 Å². The molecule has 23 heavy (non-hydrogen) atoms. The second-order valence-corrected chi connectivity index (χ2v) is 5.18. The van der Waals surface area contributed by atoms with Gasteiger partial charge >= 0.3 is 6.18 Å². The summed E-state index contributed by atoms with van der Waals surface area (Å²) in [6, 6.07) is 12.1. The van der Waals surface area contributed by atoms with E-state index in [-0.39, 0.29) is 17.8 Å². The van der Waals surface area contributed by atoms with Gasteiger partial charge in [-0.2, -0.15) is 18.4 Å². The van der Waals surface area contributed by atoms with Crippen LogP contribution in [0.2, 0.25) is 0 Å². The molecule has 0 aliphatic rings. The standard InChI is InChI=1S/C17H15F3N2O/c1-11-3-2-4-13(7-11)16(23)10-22-15-6-5-12(9-21)8-14(15)17(18,19)20/h2-8,16,22-23H,10H2,1H3. The number of aryl methyl sites for hydroxylation is 1. The fourth-order valence-corrected chi connectivity index (χ4v) is 2.20. The molecule has 6 heteroatoms. The molecule has 0 saturated heterocycles. The zero-order chi connectivity index (χ0) is 17.0. The van der Waals surface area contributed by atoms with Crippen LogP contribution in [0, 0.1) is 18.3 Å². The van der Waals surface area contributed by atoms with Gasteiger partial charge in [-0.1, -0.05) is 29.8 Å². The van der Waals surface area contributed by atoms with Crippen LogP contribution in [-0.4, -0.2) is 11.7 Å². The Balaban J connectivity index is 2.19. The minimum Gasteiger partial charge on any atom is -0.387 e. The molecule has 0 fully saturated rings. The van der Waals surface area contributed by atoms with E-state index in [0.29, 0.717) is 5.56 Å². The van der Waals surface area contributed by atoms with Crippen LogP contribution >= 0.6 is 0 Å². The van der Waals surface area contributed by atoms with Crippen LogP contribution in [0.1, 0.15) is 28.4 Å². The van der Waals surface area contributed by atoms with Crippen molar-refractivity contribution in [3.8, 4) is 6.07 Å². The highest BCUT2D eigenvalue weighted by atomic mass is 19.4. The number of hydrogen-bond donors (Lipinski definition) is 2. The summed E-state index contributed by atoms with van der Waals surface area (Å²) in [7, 11) is 0. The first-order chi connectivity index (χ1) is 10.8. The molecule has 120 valence electrons. The Labute approximate surface area is 132 Å². The predicted octanol–water partition coefficient (Wildman–Crippen LogP) is 4.03. The maximum Gasteiger partial charge on any atom is 0.418 e. The monoisotopic (exact) mass is 320 g/mol. The minimum atomic E-state index is -4.58. The van der Waals surface area contributed by atoms with E-state index >= 15 is 0 Å². The number of nitriles is 1. The van der Waals surface area contributed by atoms with Crippen LogP contribution in [0.25, 0.3) is 0 Å². The molecule has 0 radical (unpaired) electrons. The van der Waals surface area contributed by atoms with Crippen molar-refractivity contribution in [3.63, 3.8) is 0 Å². The van der Waals surface area contributed by atoms with Gasteiger partial charge in [-0.25, -0.2) is 0 Å². The third kappa shape index (κ3) is 4.24. The largest absolute Gasteiger partial charge is 0.418 e. The summed E-state index contributed by atoms with van der Waals surface area (Å²) in [4.78, 5) is 0. The van der Waals surface area contributed by atoms with E-state index < -0.39 is 17.8 Å². The first-order valence-corrected chi connectivity index (χ1v) is 6.91. The molecule has 0 aromatic heterocycles. The van der Waals surface area contributed by atoms with E-state index in [4.69, 9.17) is 5.26 Å². The molecule has 2 aromatic rings. The second-order valence-electron chi connectivity index (χ2n) is 5.18. The number of hydrogen-bond acceptors (Lipinski definition) is 3. The Morgan fingerprint density at radius 3 is 2.57 bits per heavy atom. The maximum atomic E-state index is 13.1. The summed E-state index contributed by atoms with van der Waals surface area (Å²) in [6.45, 7) is 1.80. The third-order valence-electron chi connectivity index (χ3n) is 3.37. The molecule has 2 N–H and O–H groups in total. The maximum absolute atomic E-state index is 13.1. The molecular weight excluding hydrogens is 305 g/mol. The lowest BCUT2D eigenvalue weighted by Crippen LogP contribution is -2.16. The van der Waals surface area contributed by atoms with Crippen molar-refractivity contribution in [2.24, 2.45) is 0 Å². The molecule has 0 saturated carbocycles. The summed E-state index contributed by atoms with van der Waals surface area (Å²) in [5.74, 6) is 0. The fourth-order valence-electron chi connectivity index (χ4n) is 2.20. The summed E-state index contributed by atoms with van der Waals surface area (Å²) in [6.07, 6.45) is -5.52. The highest BCUT2D eigenvalue weighted by molar-refractivity contribution is 5.56. The van der Waals surface area contributed by atoms with Gasteiger partial charge in [-0.05, 0) is 30.7 Å². The highest BCUT2D eigenvalue weighted by Gasteiger charge is 2.34. The van der Waals surface area contributed by atoms with Gasteiger partial charge in [0.1, 0.15) is 0 Å². The number of alkyl halides is 3. The molecule has 2 rings (SSSR count). The van der Waals surface area contributed by atoms with Crippen molar-refractivity contribution in [2.45, 2.75) is 19.2 Å². The third-order valence-corrected chi connectivity index (χ3v) is 3.37. The number of nitrogens with one attached hydrogen (secondary N) is 1. The molecular formula is C17H15F3N2O. The first kappa shape index (κ1) is 16.8. The van der Waals surface area contributed by atoms with Gasteiger partial charge in [-0.15, -0.1) is 0 Å². The SMILES string of the molecule is Cc1cccc(C(O)CNc2ccc(C#N)cc2C(F)(F)F)c1. The van der Waals surface area contributed by atoms with Crippen LogP contribution in [0.3, 0.4) is 0 Å². The molecule has 3 nitrogen and oxygen atoms in total. The van der Waals surface area contributed by atoms with E-state index in [1.807, 2.05) is 13.0 Å². The number of nitrogens with zero attached hydrogens (tertiary/aromatic N) is 1. The summed E-state index contributed by atoms with van der Waals surface area (Å²) in [5, 5.41) is 21.4. The number of aliphatic hydroxyl groups excluding tert-OH is 1. The van der Waals surface area contributed by atoms with Crippen molar-refractivity contribution in [1.29, 1.82) is 5.26 Å².